The van der Waals surface area contributed by atoms with E-state index in [4.69, 9.17) is 9.47 Å². The summed E-state index contributed by atoms with van der Waals surface area (Å²) in [7, 11) is 0. The van der Waals surface area contributed by atoms with Gasteiger partial charge in [0, 0.05) is 26.2 Å². The SMILES string of the molecule is CCOC(=O)N1CCN(C(=O)[C@@H](C)Oc2ccc(C)c(C)c2)CC1. The molecule has 6 nitrogen and oxygen atoms in total. The predicted octanol–water partition coefficient (Wildman–Crippen LogP) is 2.37. The molecule has 1 atom stereocenters. The van der Waals surface area contributed by atoms with E-state index in [1.165, 1.54) is 5.56 Å². The van der Waals surface area contributed by atoms with Gasteiger partial charge < -0.3 is 19.3 Å². The van der Waals surface area contributed by atoms with Crippen molar-refractivity contribution in [1.82, 2.24) is 9.80 Å². The highest BCUT2D eigenvalue weighted by molar-refractivity contribution is 5.81. The van der Waals surface area contributed by atoms with Crippen molar-refractivity contribution in [2.75, 3.05) is 32.8 Å². The van der Waals surface area contributed by atoms with Crippen LogP contribution in [0.3, 0.4) is 0 Å². The molecule has 24 heavy (non-hydrogen) atoms. The summed E-state index contributed by atoms with van der Waals surface area (Å²) in [6, 6.07) is 5.81. The number of carbonyl (C=O) groups is 2. The molecule has 0 saturated carbocycles. The van der Waals surface area contributed by atoms with Crippen LogP contribution in [0.15, 0.2) is 18.2 Å². The maximum absolute atomic E-state index is 12.5. The number of aryl methyl sites for hydroxylation is 2. The number of hydrogen-bond acceptors (Lipinski definition) is 4. The number of carbonyl (C=O) groups excluding carboxylic acids is 2. The second-order valence-corrected chi connectivity index (χ2v) is 6.02. The summed E-state index contributed by atoms with van der Waals surface area (Å²) in [5.74, 6) is 0.640. The second-order valence-electron chi connectivity index (χ2n) is 6.02. The van der Waals surface area contributed by atoms with Gasteiger partial charge in [-0.25, -0.2) is 4.79 Å². The van der Waals surface area contributed by atoms with E-state index in [0.29, 0.717) is 38.5 Å². The molecular formula is C18H26N2O4. The highest BCUT2D eigenvalue weighted by Gasteiger charge is 2.28. The largest absolute Gasteiger partial charge is 0.481 e. The summed E-state index contributed by atoms with van der Waals surface area (Å²) in [6.45, 7) is 9.93. The third-order valence-corrected chi connectivity index (χ3v) is 4.26. The zero-order valence-corrected chi connectivity index (χ0v) is 14.9. The lowest BCUT2D eigenvalue weighted by Crippen LogP contribution is -2.53. The molecule has 1 aromatic carbocycles. The van der Waals surface area contributed by atoms with E-state index in [1.54, 1.807) is 23.6 Å². The first-order valence-corrected chi connectivity index (χ1v) is 8.36. The fraction of sp³-hybridized carbons (Fsp3) is 0.556. The summed E-state index contributed by atoms with van der Waals surface area (Å²) in [4.78, 5) is 27.6. The van der Waals surface area contributed by atoms with E-state index in [2.05, 4.69) is 0 Å². The molecule has 0 radical (unpaired) electrons. The van der Waals surface area contributed by atoms with Crippen LogP contribution >= 0.6 is 0 Å². The van der Waals surface area contributed by atoms with Gasteiger partial charge in [-0.2, -0.15) is 0 Å². The Labute approximate surface area is 143 Å². The first-order chi connectivity index (χ1) is 11.4. The molecule has 2 rings (SSSR count). The molecule has 0 bridgehead atoms. The van der Waals surface area contributed by atoms with Gasteiger partial charge in [-0.1, -0.05) is 6.07 Å². The van der Waals surface area contributed by atoms with Gasteiger partial charge >= 0.3 is 6.09 Å². The number of piperazine rings is 1. The quantitative estimate of drug-likeness (QED) is 0.848. The lowest BCUT2D eigenvalue weighted by atomic mass is 10.1. The summed E-state index contributed by atoms with van der Waals surface area (Å²) < 4.78 is 10.8. The van der Waals surface area contributed by atoms with Crippen molar-refractivity contribution in [1.29, 1.82) is 0 Å². The number of benzene rings is 1. The van der Waals surface area contributed by atoms with Gasteiger partial charge in [-0.05, 0) is 51.0 Å². The monoisotopic (exact) mass is 334 g/mol. The highest BCUT2D eigenvalue weighted by Crippen LogP contribution is 2.18. The van der Waals surface area contributed by atoms with Gasteiger partial charge in [0.05, 0.1) is 6.61 Å². The molecule has 0 aliphatic carbocycles. The molecule has 0 unspecified atom stereocenters. The molecule has 1 aromatic rings. The first-order valence-electron chi connectivity index (χ1n) is 8.36. The Hall–Kier alpha value is -2.24. The normalized spacial score (nSPS) is 15.8. The van der Waals surface area contributed by atoms with Crippen LogP contribution in [-0.2, 0) is 9.53 Å². The summed E-state index contributed by atoms with van der Waals surface area (Å²) in [5.41, 5.74) is 2.33. The summed E-state index contributed by atoms with van der Waals surface area (Å²) >= 11 is 0. The van der Waals surface area contributed by atoms with Gasteiger partial charge in [-0.15, -0.1) is 0 Å². The Bertz CT molecular complexity index is 595. The number of amides is 2. The minimum absolute atomic E-state index is 0.0586. The Morgan fingerprint density at radius 1 is 1.08 bits per heavy atom. The Morgan fingerprint density at radius 2 is 1.71 bits per heavy atom. The van der Waals surface area contributed by atoms with Crippen molar-refractivity contribution in [3.63, 3.8) is 0 Å². The lowest BCUT2D eigenvalue weighted by molar-refractivity contribution is -0.139. The van der Waals surface area contributed by atoms with Crippen molar-refractivity contribution in [2.45, 2.75) is 33.8 Å². The van der Waals surface area contributed by atoms with Gasteiger partial charge in [0.15, 0.2) is 6.10 Å². The van der Waals surface area contributed by atoms with E-state index in [1.807, 2.05) is 32.0 Å². The number of ether oxygens (including phenoxy) is 2. The van der Waals surface area contributed by atoms with Crippen molar-refractivity contribution < 1.29 is 19.1 Å². The fourth-order valence-electron chi connectivity index (χ4n) is 2.62. The number of rotatable bonds is 4. The van der Waals surface area contributed by atoms with Crippen molar-refractivity contribution in [3.8, 4) is 5.75 Å². The van der Waals surface area contributed by atoms with Crippen molar-refractivity contribution in [3.05, 3.63) is 29.3 Å². The van der Waals surface area contributed by atoms with Crippen LogP contribution in [0.4, 0.5) is 4.79 Å². The molecule has 1 saturated heterocycles. The van der Waals surface area contributed by atoms with Gasteiger partial charge in [0.2, 0.25) is 0 Å². The van der Waals surface area contributed by atoms with Crippen LogP contribution in [0, 0.1) is 13.8 Å². The van der Waals surface area contributed by atoms with E-state index in [-0.39, 0.29) is 12.0 Å². The maximum atomic E-state index is 12.5. The predicted molar refractivity (Wildman–Crippen MR) is 91.2 cm³/mol. The molecule has 0 N–H and O–H groups in total. The van der Waals surface area contributed by atoms with E-state index in [9.17, 15) is 9.59 Å². The second kappa shape index (κ2) is 8.04. The van der Waals surface area contributed by atoms with Crippen LogP contribution in [0.5, 0.6) is 5.75 Å². The molecule has 1 heterocycles. The minimum Gasteiger partial charge on any atom is -0.481 e. The molecule has 132 valence electrons. The van der Waals surface area contributed by atoms with Crippen molar-refractivity contribution >= 4 is 12.0 Å². The van der Waals surface area contributed by atoms with Crippen LogP contribution in [0.2, 0.25) is 0 Å². The lowest BCUT2D eigenvalue weighted by Gasteiger charge is -2.35. The molecule has 1 aliphatic rings. The zero-order chi connectivity index (χ0) is 17.7. The van der Waals surface area contributed by atoms with Crippen molar-refractivity contribution in [2.24, 2.45) is 0 Å². The zero-order valence-electron chi connectivity index (χ0n) is 14.9. The third-order valence-electron chi connectivity index (χ3n) is 4.26. The van der Waals surface area contributed by atoms with E-state index in [0.717, 1.165) is 5.56 Å². The molecule has 1 fully saturated rings. The smallest absolute Gasteiger partial charge is 0.409 e. The molecule has 1 aliphatic heterocycles. The Kier molecular flexibility index (Phi) is 6.06. The average molecular weight is 334 g/mol. The third kappa shape index (κ3) is 4.40. The van der Waals surface area contributed by atoms with Gasteiger partial charge in [-0.3, -0.25) is 4.79 Å². The summed E-state index contributed by atoms with van der Waals surface area (Å²) in [5, 5.41) is 0. The van der Waals surface area contributed by atoms with Gasteiger partial charge in [0.1, 0.15) is 5.75 Å². The first kappa shape index (κ1) is 18.1. The molecular weight excluding hydrogens is 308 g/mol. The number of hydrogen-bond donors (Lipinski definition) is 0. The average Bonchev–Trinajstić information content (AvgIpc) is 2.58. The van der Waals surface area contributed by atoms with Crippen LogP contribution in [0.1, 0.15) is 25.0 Å². The van der Waals surface area contributed by atoms with E-state index >= 15 is 0 Å². The number of nitrogens with zero attached hydrogens (tertiary/aromatic N) is 2. The van der Waals surface area contributed by atoms with Crippen LogP contribution in [0.25, 0.3) is 0 Å². The molecule has 0 spiro atoms. The maximum Gasteiger partial charge on any atom is 0.409 e. The summed E-state index contributed by atoms with van der Waals surface area (Å²) in [6.07, 6.45) is -0.870. The molecule has 6 heteroatoms. The topological polar surface area (TPSA) is 59.1 Å². The van der Waals surface area contributed by atoms with Crippen LogP contribution < -0.4 is 4.74 Å². The van der Waals surface area contributed by atoms with Crippen LogP contribution in [-0.4, -0.2) is 60.7 Å². The highest BCUT2D eigenvalue weighted by atomic mass is 16.6. The fourth-order valence-corrected chi connectivity index (χ4v) is 2.62. The Morgan fingerprint density at radius 3 is 2.29 bits per heavy atom. The van der Waals surface area contributed by atoms with Gasteiger partial charge in [0.25, 0.3) is 5.91 Å². The Balaban J connectivity index is 1.87. The van der Waals surface area contributed by atoms with E-state index < -0.39 is 6.10 Å². The molecule has 0 aromatic heterocycles. The standard InChI is InChI=1S/C18H26N2O4/c1-5-23-18(22)20-10-8-19(9-11-20)17(21)15(4)24-16-7-6-13(2)14(3)12-16/h6-7,12,15H,5,8-11H2,1-4H3/t15-/m1/s1. The minimum atomic E-state index is -0.554. The molecule has 2 amide bonds.